The molecule has 0 spiro atoms. The molecular formula is C12H8ClFOS. The van der Waals surface area contributed by atoms with Gasteiger partial charge in [0.25, 0.3) is 0 Å². The van der Waals surface area contributed by atoms with Crippen molar-refractivity contribution in [2.45, 2.75) is 9.79 Å². The summed E-state index contributed by atoms with van der Waals surface area (Å²) < 4.78 is 12.9. The zero-order valence-corrected chi connectivity index (χ0v) is 9.73. The minimum atomic E-state index is -0.293. The van der Waals surface area contributed by atoms with Crippen LogP contribution in [0.2, 0.25) is 5.02 Å². The summed E-state index contributed by atoms with van der Waals surface area (Å²) in [7, 11) is 0. The smallest absolute Gasteiger partial charge is 0.130 e. The van der Waals surface area contributed by atoms with Crippen molar-refractivity contribution in [1.82, 2.24) is 0 Å². The molecule has 0 unspecified atom stereocenters. The first kappa shape index (κ1) is 11.3. The summed E-state index contributed by atoms with van der Waals surface area (Å²) in [5, 5.41) is 10.1. The summed E-state index contributed by atoms with van der Waals surface area (Å²) in [4.78, 5) is 1.38. The summed E-state index contributed by atoms with van der Waals surface area (Å²) in [5.74, 6) is -0.194. The molecule has 0 fully saturated rings. The fourth-order valence-corrected chi connectivity index (χ4v) is 2.27. The van der Waals surface area contributed by atoms with Gasteiger partial charge in [0.05, 0.1) is 4.90 Å². The number of phenols is 1. The van der Waals surface area contributed by atoms with Gasteiger partial charge >= 0.3 is 0 Å². The minimum Gasteiger partial charge on any atom is -0.507 e. The first-order valence-electron chi connectivity index (χ1n) is 4.57. The van der Waals surface area contributed by atoms with Gasteiger partial charge in [-0.25, -0.2) is 4.39 Å². The number of benzene rings is 2. The molecule has 0 saturated heterocycles. The van der Waals surface area contributed by atoms with E-state index in [1.807, 2.05) is 0 Å². The van der Waals surface area contributed by atoms with Crippen LogP contribution in [0, 0.1) is 5.82 Å². The normalized spacial score (nSPS) is 10.4. The molecular weight excluding hydrogens is 247 g/mol. The zero-order chi connectivity index (χ0) is 11.5. The van der Waals surface area contributed by atoms with E-state index in [9.17, 15) is 9.50 Å². The Kier molecular flexibility index (Phi) is 3.36. The molecule has 1 N–H and O–H groups in total. The van der Waals surface area contributed by atoms with Gasteiger partial charge in [-0.3, -0.25) is 0 Å². The minimum absolute atomic E-state index is 0.0989. The highest BCUT2D eigenvalue weighted by atomic mass is 35.5. The Bertz CT molecular complexity index is 516. The fraction of sp³-hybridized carbons (Fsp3) is 0. The van der Waals surface area contributed by atoms with Gasteiger partial charge in [-0.05, 0) is 36.4 Å². The molecule has 4 heteroatoms. The van der Waals surface area contributed by atoms with Crippen LogP contribution in [0.4, 0.5) is 4.39 Å². The Morgan fingerprint density at radius 1 is 1.12 bits per heavy atom. The van der Waals surface area contributed by atoms with E-state index < -0.39 is 0 Å². The van der Waals surface area contributed by atoms with Crippen LogP contribution in [-0.2, 0) is 0 Å². The number of aromatic hydroxyl groups is 1. The number of halogens is 2. The third-order valence-corrected chi connectivity index (χ3v) is 3.23. The van der Waals surface area contributed by atoms with E-state index in [-0.39, 0.29) is 11.6 Å². The van der Waals surface area contributed by atoms with Crippen LogP contribution in [-0.4, -0.2) is 5.11 Å². The molecule has 0 saturated carbocycles. The number of phenolic OH excluding ortho intramolecular Hbond substituents is 1. The van der Waals surface area contributed by atoms with Gasteiger partial charge in [-0.1, -0.05) is 29.4 Å². The average Bonchev–Trinajstić information content (AvgIpc) is 2.22. The van der Waals surface area contributed by atoms with Gasteiger partial charge in [-0.2, -0.15) is 0 Å². The van der Waals surface area contributed by atoms with E-state index in [0.29, 0.717) is 9.92 Å². The lowest BCUT2D eigenvalue weighted by Gasteiger charge is -2.04. The Labute approximate surface area is 102 Å². The number of hydrogen-bond acceptors (Lipinski definition) is 2. The van der Waals surface area contributed by atoms with Crippen LogP contribution in [0.15, 0.2) is 52.3 Å². The maximum Gasteiger partial charge on any atom is 0.130 e. The van der Waals surface area contributed by atoms with Gasteiger partial charge in [0.2, 0.25) is 0 Å². The quantitative estimate of drug-likeness (QED) is 0.861. The summed E-state index contributed by atoms with van der Waals surface area (Å²) in [6.45, 7) is 0. The molecule has 0 aliphatic carbocycles. The first-order chi connectivity index (χ1) is 7.65. The molecule has 16 heavy (non-hydrogen) atoms. The van der Waals surface area contributed by atoms with E-state index in [4.69, 9.17) is 11.6 Å². The van der Waals surface area contributed by atoms with Gasteiger partial charge in [0.15, 0.2) is 0 Å². The van der Waals surface area contributed by atoms with Crippen molar-refractivity contribution < 1.29 is 9.50 Å². The van der Waals surface area contributed by atoms with Crippen molar-refractivity contribution in [3.05, 3.63) is 53.3 Å². The van der Waals surface area contributed by atoms with Crippen LogP contribution >= 0.6 is 23.4 Å². The summed E-state index contributed by atoms with van der Waals surface area (Å²) in [6.07, 6.45) is 0. The molecule has 2 rings (SSSR count). The van der Waals surface area contributed by atoms with E-state index in [1.165, 1.54) is 30.0 Å². The topological polar surface area (TPSA) is 20.2 Å². The lowest BCUT2D eigenvalue weighted by molar-refractivity contribution is 0.462. The molecule has 0 amide bonds. The highest BCUT2D eigenvalue weighted by Gasteiger charge is 2.04. The molecule has 0 aromatic heterocycles. The second-order valence-corrected chi connectivity index (χ2v) is 4.72. The number of rotatable bonds is 2. The van der Waals surface area contributed by atoms with Crippen LogP contribution in [0.1, 0.15) is 0 Å². The summed E-state index contributed by atoms with van der Waals surface area (Å²) in [6, 6.07) is 11.1. The van der Waals surface area contributed by atoms with Gasteiger partial charge in [-0.15, -0.1) is 0 Å². The Morgan fingerprint density at radius 3 is 2.62 bits per heavy atom. The summed E-state index contributed by atoms with van der Waals surface area (Å²) in [5.41, 5.74) is 0. The van der Waals surface area contributed by atoms with Crippen LogP contribution in [0.3, 0.4) is 0 Å². The van der Waals surface area contributed by atoms with Gasteiger partial charge < -0.3 is 5.11 Å². The Morgan fingerprint density at radius 2 is 1.94 bits per heavy atom. The molecule has 0 heterocycles. The van der Waals surface area contributed by atoms with E-state index in [0.717, 1.165) is 4.90 Å². The third-order valence-electron chi connectivity index (χ3n) is 1.94. The first-order valence-corrected chi connectivity index (χ1v) is 5.76. The molecule has 0 bridgehead atoms. The lowest BCUT2D eigenvalue weighted by Crippen LogP contribution is -1.77. The highest BCUT2D eigenvalue weighted by molar-refractivity contribution is 7.99. The van der Waals surface area contributed by atoms with Crippen LogP contribution < -0.4 is 0 Å². The molecule has 2 aromatic rings. The lowest BCUT2D eigenvalue weighted by atomic mass is 10.3. The molecule has 0 aliphatic rings. The zero-order valence-electron chi connectivity index (χ0n) is 8.15. The molecule has 0 aliphatic heterocycles. The summed E-state index contributed by atoms with van der Waals surface area (Å²) >= 11 is 7.00. The van der Waals surface area contributed by atoms with E-state index in [1.54, 1.807) is 24.3 Å². The van der Waals surface area contributed by atoms with Crippen molar-refractivity contribution in [3.8, 4) is 5.75 Å². The largest absolute Gasteiger partial charge is 0.507 e. The maximum absolute atomic E-state index is 12.9. The molecule has 0 radical (unpaired) electrons. The highest BCUT2D eigenvalue weighted by Crippen LogP contribution is 2.35. The Hall–Kier alpha value is -1.19. The molecule has 82 valence electrons. The van der Waals surface area contributed by atoms with Crippen molar-refractivity contribution in [1.29, 1.82) is 0 Å². The van der Waals surface area contributed by atoms with Crippen LogP contribution in [0.5, 0.6) is 5.75 Å². The molecule has 2 aromatic carbocycles. The van der Waals surface area contributed by atoms with E-state index >= 15 is 0 Å². The average molecular weight is 255 g/mol. The fourth-order valence-electron chi connectivity index (χ4n) is 1.23. The predicted molar refractivity (Wildman–Crippen MR) is 63.6 cm³/mol. The van der Waals surface area contributed by atoms with Crippen molar-refractivity contribution >= 4 is 23.4 Å². The van der Waals surface area contributed by atoms with Gasteiger partial charge in [0.1, 0.15) is 11.6 Å². The van der Waals surface area contributed by atoms with Crippen molar-refractivity contribution in [3.63, 3.8) is 0 Å². The second-order valence-electron chi connectivity index (χ2n) is 3.17. The third kappa shape index (κ3) is 2.68. The van der Waals surface area contributed by atoms with Crippen molar-refractivity contribution in [2.75, 3.05) is 0 Å². The van der Waals surface area contributed by atoms with Gasteiger partial charge in [0, 0.05) is 9.92 Å². The molecule has 0 atom stereocenters. The molecule has 1 nitrogen and oxygen atoms in total. The number of hydrogen-bond donors (Lipinski definition) is 1. The van der Waals surface area contributed by atoms with Crippen LogP contribution in [0.25, 0.3) is 0 Å². The standard InChI is InChI=1S/C12H8ClFOS/c13-8-4-5-12(11(15)6-8)16-10-3-1-2-9(14)7-10/h1-7,15H. The van der Waals surface area contributed by atoms with E-state index in [2.05, 4.69) is 0 Å². The monoisotopic (exact) mass is 254 g/mol. The second kappa shape index (κ2) is 4.76. The SMILES string of the molecule is Oc1cc(Cl)ccc1Sc1cccc(F)c1. The Balaban J connectivity index is 2.27. The van der Waals surface area contributed by atoms with Crippen molar-refractivity contribution in [2.24, 2.45) is 0 Å². The predicted octanol–water partition coefficient (Wildman–Crippen LogP) is 4.34. The maximum atomic E-state index is 12.9.